The number of nitrogens with zero attached hydrogens (tertiary/aromatic N) is 3. The van der Waals surface area contributed by atoms with Crippen molar-refractivity contribution in [3.8, 4) is 0 Å². The molecule has 1 saturated heterocycles. The predicted molar refractivity (Wildman–Crippen MR) is 109 cm³/mol. The van der Waals surface area contributed by atoms with Crippen LogP contribution in [0.1, 0.15) is 26.2 Å². The number of methoxy groups -OCH3 is 1. The van der Waals surface area contributed by atoms with Crippen LogP contribution in [0, 0.1) is 0 Å². The summed E-state index contributed by atoms with van der Waals surface area (Å²) in [6, 6.07) is 0. The van der Waals surface area contributed by atoms with Crippen LogP contribution >= 0.6 is 24.0 Å². The number of carbonyl (C=O) groups excluding carboxylic acids is 1. The fraction of sp³-hybridized carbons (Fsp3) is 0.875. The molecule has 0 radical (unpaired) electrons. The van der Waals surface area contributed by atoms with Crippen LogP contribution in [0.4, 0.5) is 0 Å². The number of guanidine groups is 1. The number of ether oxygens (including phenoxy) is 1. The van der Waals surface area contributed by atoms with Crippen molar-refractivity contribution in [3.05, 3.63) is 0 Å². The van der Waals surface area contributed by atoms with E-state index in [2.05, 4.69) is 34.5 Å². The first kappa shape index (κ1) is 23.4. The van der Waals surface area contributed by atoms with Gasteiger partial charge >= 0.3 is 0 Å². The van der Waals surface area contributed by atoms with Crippen molar-refractivity contribution in [1.29, 1.82) is 0 Å². The first-order chi connectivity index (χ1) is 11.2. The molecule has 0 unspecified atom stereocenters. The second kappa shape index (κ2) is 14.7. The molecule has 1 aliphatic rings. The quantitative estimate of drug-likeness (QED) is 0.208. The monoisotopic (exact) mass is 455 g/mol. The Hall–Kier alpha value is -0.610. The third-order valence-electron chi connectivity index (χ3n) is 3.83. The van der Waals surface area contributed by atoms with Gasteiger partial charge in [0, 0.05) is 59.3 Å². The van der Waals surface area contributed by atoms with Gasteiger partial charge in [0.1, 0.15) is 0 Å². The molecule has 0 atom stereocenters. The van der Waals surface area contributed by atoms with Crippen molar-refractivity contribution in [2.45, 2.75) is 26.2 Å². The van der Waals surface area contributed by atoms with Gasteiger partial charge in [0.05, 0.1) is 6.61 Å². The molecule has 0 aromatic rings. The molecule has 0 spiro atoms. The molecular formula is C16H34IN5O2. The highest BCUT2D eigenvalue weighted by molar-refractivity contribution is 14.0. The second-order valence-electron chi connectivity index (χ2n) is 5.82. The number of nitrogens with one attached hydrogen (secondary N) is 2. The number of hydrogen-bond acceptors (Lipinski definition) is 4. The molecule has 24 heavy (non-hydrogen) atoms. The van der Waals surface area contributed by atoms with Gasteiger partial charge in [-0.25, -0.2) is 0 Å². The summed E-state index contributed by atoms with van der Waals surface area (Å²) in [5, 5.41) is 6.59. The maximum atomic E-state index is 11.5. The zero-order chi connectivity index (χ0) is 16.9. The van der Waals surface area contributed by atoms with Gasteiger partial charge in [-0.15, -0.1) is 24.0 Å². The maximum absolute atomic E-state index is 11.5. The highest BCUT2D eigenvalue weighted by Gasteiger charge is 2.18. The minimum absolute atomic E-state index is 0. The lowest BCUT2D eigenvalue weighted by Gasteiger charge is -2.18. The van der Waals surface area contributed by atoms with Crippen LogP contribution in [0.25, 0.3) is 0 Å². The molecule has 0 aromatic heterocycles. The van der Waals surface area contributed by atoms with Crippen LogP contribution in [0.15, 0.2) is 4.99 Å². The van der Waals surface area contributed by atoms with Gasteiger partial charge in [0.2, 0.25) is 5.91 Å². The molecule has 1 fully saturated rings. The van der Waals surface area contributed by atoms with E-state index in [0.29, 0.717) is 6.42 Å². The fourth-order valence-electron chi connectivity index (χ4n) is 2.46. The summed E-state index contributed by atoms with van der Waals surface area (Å²) in [6.45, 7) is 8.83. The van der Waals surface area contributed by atoms with E-state index >= 15 is 0 Å². The highest BCUT2D eigenvalue weighted by atomic mass is 127. The van der Waals surface area contributed by atoms with Gasteiger partial charge in [-0.1, -0.05) is 0 Å². The van der Waals surface area contributed by atoms with Crippen LogP contribution in [0.3, 0.4) is 0 Å². The molecule has 7 nitrogen and oxygen atoms in total. The van der Waals surface area contributed by atoms with Gasteiger partial charge in [-0.3, -0.25) is 9.79 Å². The fourth-order valence-corrected chi connectivity index (χ4v) is 2.46. The Balaban J connectivity index is 0.00000529. The van der Waals surface area contributed by atoms with Crippen molar-refractivity contribution in [2.24, 2.45) is 4.99 Å². The number of hydrogen-bond donors (Lipinski definition) is 2. The van der Waals surface area contributed by atoms with Crippen LogP contribution in [0.2, 0.25) is 0 Å². The van der Waals surface area contributed by atoms with Gasteiger partial charge in [-0.05, 0) is 26.8 Å². The Labute approximate surface area is 163 Å². The molecule has 0 aromatic carbocycles. The van der Waals surface area contributed by atoms with Crippen LogP contribution in [-0.2, 0) is 9.53 Å². The normalized spacial score (nSPS) is 14.9. The molecule has 1 heterocycles. The topological polar surface area (TPSA) is 69.2 Å². The highest BCUT2D eigenvalue weighted by Crippen LogP contribution is 2.09. The van der Waals surface area contributed by atoms with Gasteiger partial charge in [-0.2, -0.15) is 0 Å². The van der Waals surface area contributed by atoms with E-state index in [1.807, 2.05) is 4.90 Å². The molecule has 1 amide bonds. The lowest BCUT2D eigenvalue weighted by Crippen LogP contribution is -2.41. The van der Waals surface area contributed by atoms with Gasteiger partial charge < -0.3 is 25.2 Å². The van der Waals surface area contributed by atoms with E-state index in [1.54, 1.807) is 7.11 Å². The summed E-state index contributed by atoms with van der Waals surface area (Å²) in [6.07, 6.45) is 2.63. The number of halogens is 1. The predicted octanol–water partition coefficient (Wildman–Crippen LogP) is 0.750. The summed E-state index contributed by atoms with van der Waals surface area (Å²) >= 11 is 0. The number of rotatable bonds is 11. The third-order valence-corrected chi connectivity index (χ3v) is 3.83. The van der Waals surface area contributed by atoms with Crippen molar-refractivity contribution >= 4 is 35.8 Å². The summed E-state index contributed by atoms with van der Waals surface area (Å²) in [5.74, 6) is 1.14. The Morgan fingerprint density at radius 2 is 2.17 bits per heavy atom. The Kier molecular flexibility index (Phi) is 14.3. The molecule has 8 heteroatoms. The standard InChI is InChI=1S/C16H33N5O2.HI/c1-4-17-16(19-9-12-20(2)13-14-23-3)18-8-6-11-21-10-5-7-15(21)22;/h4-14H2,1-3H3,(H2,17,18,19);1H. The number of likely N-dealkylation sites (N-methyl/N-ethyl adjacent to an activating group) is 1. The lowest BCUT2D eigenvalue weighted by molar-refractivity contribution is -0.127. The summed E-state index contributed by atoms with van der Waals surface area (Å²) in [5.41, 5.74) is 0. The minimum atomic E-state index is 0. The van der Waals surface area contributed by atoms with E-state index in [4.69, 9.17) is 4.74 Å². The third kappa shape index (κ3) is 10.3. The molecule has 0 aliphatic carbocycles. The zero-order valence-corrected chi connectivity index (χ0v) is 17.7. The van der Waals surface area contributed by atoms with Gasteiger partial charge in [0.25, 0.3) is 0 Å². The Bertz CT molecular complexity index is 368. The molecule has 1 rings (SSSR count). The molecule has 1 aliphatic heterocycles. The first-order valence-corrected chi connectivity index (χ1v) is 8.64. The number of likely N-dealkylation sites (tertiary alicyclic amines) is 1. The number of carbonyl (C=O) groups is 1. The second-order valence-corrected chi connectivity index (χ2v) is 5.82. The van der Waals surface area contributed by atoms with E-state index in [-0.39, 0.29) is 29.9 Å². The average Bonchev–Trinajstić information content (AvgIpc) is 2.94. The minimum Gasteiger partial charge on any atom is -0.383 e. The summed E-state index contributed by atoms with van der Waals surface area (Å²) < 4.78 is 5.07. The molecular weight excluding hydrogens is 421 g/mol. The zero-order valence-electron chi connectivity index (χ0n) is 15.3. The van der Waals surface area contributed by atoms with Crippen molar-refractivity contribution in [3.63, 3.8) is 0 Å². The van der Waals surface area contributed by atoms with Crippen molar-refractivity contribution in [2.75, 3.05) is 66.6 Å². The van der Waals surface area contributed by atoms with Crippen molar-refractivity contribution < 1.29 is 9.53 Å². The van der Waals surface area contributed by atoms with Crippen LogP contribution in [-0.4, -0.2) is 88.2 Å². The van der Waals surface area contributed by atoms with Crippen LogP contribution in [0.5, 0.6) is 0 Å². The van der Waals surface area contributed by atoms with E-state index in [9.17, 15) is 4.79 Å². The molecule has 0 bridgehead atoms. The largest absolute Gasteiger partial charge is 0.383 e. The SMILES string of the molecule is CCNC(=NCCCN1CCCC1=O)NCCN(C)CCOC.I. The lowest BCUT2D eigenvalue weighted by atomic mass is 10.4. The summed E-state index contributed by atoms with van der Waals surface area (Å²) in [7, 11) is 3.80. The molecule has 0 saturated carbocycles. The summed E-state index contributed by atoms with van der Waals surface area (Å²) in [4.78, 5) is 20.3. The van der Waals surface area contributed by atoms with Gasteiger partial charge in [0.15, 0.2) is 5.96 Å². The van der Waals surface area contributed by atoms with Crippen molar-refractivity contribution in [1.82, 2.24) is 20.4 Å². The smallest absolute Gasteiger partial charge is 0.222 e. The van der Waals surface area contributed by atoms with E-state index in [1.165, 1.54) is 0 Å². The molecule has 2 N–H and O–H groups in total. The molecule has 142 valence electrons. The Morgan fingerprint density at radius 3 is 2.79 bits per heavy atom. The maximum Gasteiger partial charge on any atom is 0.222 e. The van der Waals surface area contributed by atoms with Crippen LogP contribution < -0.4 is 10.6 Å². The number of amides is 1. The van der Waals surface area contributed by atoms with E-state index in [0.717, 1.165) is 71.2 Å². The first-order valence-electron chi connectivity index (χ1n) is 8.64. The Morgan fingerprint density at radius 1 is 1.38 bits per heavy atom. The van der Waals surface area contributed by atoms with E-state index < -0.39 is 0 Å². The average molecular weight is 455 g/mol. The number of aliphatic imine (C=N–C) groups is 1.